The van der Waals surface area contributed by atoms with E-state index in [1.807, 2.05) is 56.3 Å². The van der Waals surface area contributed by atoms with Crippen LogP contribution in [-0.2, 0) is 0 Å². The minimum atomic E-state index is -0.310. The molecule has 8 nitrogen and oxygen atoms in total. The van der Waals surface area contributed by atoms with E-state index in [-0.39, 0.29) is 17.5 Å². The second-order valence-electron chi connectivity index (χ2n) is 8.90. The van der Waals surface area contributed by atoms with E-state index in [4.69, 9.17) is 23.6 Å². The topological polar surface area (TPSA) is 88.1 Å². The fourth-order valence-corrected chi connectivity index (χ4v) is 4.91. The molecule has 5 aromatic rings. The number of hydrogen-bond donors (Lipinski definition) is 0. The molecule has 5 rings (SSSR count). The summed E-state index contributed by atoms with van der Waals surface area (Å²) in [6, 6.07) is 18.3. The largest absolute Gasteiger partial charge is 0.496 e. The zero-order chi connectivity index (χ0) is 27.5. The standard InChI is InChI=1S/C30H28IN3O5/c1-5-18(3)38-28-22(31)14-19(15-26(28)37-6-2)17-32-34-29(33-23-11-8-7-10-20(23)30(34)35)27-16-21-24(36-4)12-9-13-25(21)39-27/h7-18H,5-6H2,1-4H3/t18-/m1/s1. The van der Waals surface area contributed by atoms with E-state index in [0.717, 1.165) is 20.9 Å². The first kappa shape index (κ1) is 26.7. The molecule has 1 atom stereocenters. The van der Waals surface area contributed by atoms with Crippen molar-refractivity contribution < 1.29 is 18.6 Å². The second kappa shape index (κ2) is 11.5. The number of fused-ring (bicyclic) bond motifs is 2. The number of benzene rings is 3. The van der Waals surface area contributed by atoms with Crippen molar-refractivity contribution in [3.63, 3.8) is 0 Å². The van der Waals surface area contributed by atoms with E-state index in [2.05, 4.69) is 34.6 Å². The van der Waals surface area contributed by atoms with Gasteiger partial charge in [-0.25, -0.2) is 4.98 Å². The maximum Gasteiger partial charge on any atom is 0.282 e. The Kier molecular flexibility index (Phi) is 7.87. The summed E-state index contributed by atoms with van der Waals surface area (Å²) in [7, 11) is 1.60. The Labute approximate surface area is 239 Å². The second-order valence-corrected chi connectivity index (χ2v) is 10.1. The summed E-state index contributed by atoms with van der Waals surface area (Å²) in [5, 5.41) is 5.82. The summed E-state index contributed by atoms with van der Waals surface area (Å²) < 4.78 is 25.8. The fraction of sp³-hybridized carbons (Fsp3) is 0.233. The summed E-state index contributed by atoms with van der Waals surface area (Å²) in [6.07, 6.45) is 2.53. The first-order chi connectivity index (χ1) is 18.9. The van der Waals surface area contributed by atoms with E-state index in [0.29, 0.717) is 46.1 Å². The molecule has 0 saturated carbocycles. The van der Waals surface area contributed by atoms with Gasteiger partial charge in [0.05, 0.1) is 45.9 Å². The Morgan fingerprint density at radius 1 is 1.08 bits per heavy atom. The Hall–Kier alpha value is -3.86. The number of rotatable bonds is 9. The maximum atomic E-state index is 13.6. The monoisotopic (exact) mass is 637 g/mol. The predicted molar refractivity (Wildman–Crippen MR) is 161 cm³/mol. The molecule has 0 radical (unpaired) electrons. The zero-order valence-corrected chi connectivity index (χ0v) is 24.3. The number of para-hydroxylation sites is 1. The highest BCUT2D eigenvalue weighted by Gasteiger charge is 2.18. The molecule has 0 unspecified atom stereocenters. The summed E-state index contributed by atoms with van der Waals surface area (Å²) in [4.78, 5) is 18.4. The molecular weight excluding hydrogens is 609 g/mol. The normalized spacial score (nSPS) is 12.3. The minimum absolute atomic E-state index is 0.0458. The lowest BCUT2D eigenvalue weighted by Crippen LogP contribution is -2.20. The van der Waals surface area contributed by atoms with E-state index in [1.54, 1.807) is 31.5 Å². The van der Waals surface area contributed by atoms with Gasteiger partial charge in [0.25, 0.3) is 5.56 Å². The first-order valence-electron chi connectivity index (χ1n) is 12.7. The molecule has 200 valence electrons. The average Bonchev–Trinajstić information content (AvgIpc) is 3.39. The third kappa shape index (κ3) is 5.36. The van der Waals surface area contributed by atoms with Gasteiger partial charge in [0.1, 0.15) is 11.3 Å². The summed E-state index contributed by atoms with van der Waals surface area (Å²) in [5.41, 5.74) is 1.61. The highest BCUT2D eigenvalue weighted by atomic mass is 127. The lowest BCUT2D eigenvalue weighted by molar-refractivity contribution is 0.201. The fourth-order valence-electron chi connectivity index (χ4n) is 4.16. The molecule has 0 bridgehead atoms. The highest BCUT2D eigenvalue weighted by Crippen LogP contribution is 2.35. The molecule has 0 aliphatic rings. The molecule has 3 aromatic carbocycles. The Balaban J connectivity index is 1.65. The van der Waals surface area contributed by atoms with E-state index in [9.17, 15) is 4.79 Å². The summed E-state index contributed by atoms with van der Waals surface area (Å²) >= 11 is 2.23. The van der Waals surface area contributed by atoms with Crippen molar-refractivity contribution in [2.45, 2.75) is 33.3 Å². The van der Waals surface area contributed by atoms with Gasteiger partial charge in [-0.2, -0.15) is 9.78 Å². The summed E-state index contributed by atoms with van der Waals surface area (Å²) in [6.45, 7) is 6.51. The number of aromatic nitrogens is 2. The molecule has 39 heavy (non-hydrogen) atoms. The van der Waals surface area contributed by atoms with Gasteiger partial charge in [0.15, 0.2) is 17.3 Å². The van der Waals surface area contributed by atoms with Crippen molar-refractivity contribution in [3.05, 3.63) is 80.2 Å². The third-order valence-electron chi connectivity index (χ3n) is 6.26. The van der Waals surface area contributed by atoms with E-state index in [1.165, 1.54) is 4.68 Å². The molecule has 0 spiro atoms. The molecule has 0 amide bonds. The van der Waals surface area contributed by atoms with Crippen molar-refractivity contribution in [2.75, 3.05) is 13.7 Å². The van der Waals surface area contributed by atoms with E-state index >= 15 is 0 Å². The number of hydrogen-bond acceptors (Lipinski definition) is 7. The van der Waals surface area contributed by atoms with Crippen molar-refractivity contribution in [1.82, 2.24) is 9.66 Å². The van der Waals surface area contributed by atoms with Crippen LogP contribution in [0, 0.1) is 3.57 Å². The van der Waals surface area contributed by atoms with Gasteiger partial charge in [-0.05, 0) is 90.9 Å². The van der Waals surface area contributed by atoms with Gasteiger partial charge in [0, 0.05) is 0 Å². The quantitative estimate of drug-likeness (QED) is 0.129. The molecule has 0 aliphatic carbocycles. The molecule has 9 heteroatoms. The predicted octanol–water partition coefficient (Wildman–Crippen LogP) is 6.88. The number of methoxy groups -OCH3 is 1. The van der Waals surface area contributed by atoms with Crippen LogP contribution >= 0.6 is 22.6 Å². The van der Waals surface area contributed by atoms with Gasteiger partial charge in [-0.1, -0.05) is 25.1 Å². The Morgan fingerprint density at radius 2 is 1.90 bits per heavy atom. The van der Waals surface area contributed by atoms with Crippen LogP contribution in [0.5, 0.6) is 17.2 Å². The summed E-state index contributed by atoms with van der Waals surface area (Å²) in [5.74, 6) is 2.67. The average molecular weight is 637 g/mol. The van der Waals surface area contributed by atoms with Crippen molar-refractivity contribution in [2.24, 2.45) is 5.10 Å². The lowest BCUT2D eigenvalue weighted by Gasteiger charge is -2.18. The van der Waals surface area contributed by atoms with Crippen molar-refractivity contribution in [3.8, 4) is 28.8 Å². The van der Waals surface area contributed by atoms with E-state index < -0.39 is 0 Å². The van der Waals surface area contributed by atoms with Crippen LogP contribution in [0.4, 0.5) is 0 Å². The van der Waals surface area contributed by atoms with Crippen molar-refractivity contribution >= 4 is 50.7 Å². The Bertz CT molecular complexity index is 1740. The SMILES string of the molecule is CCOc1cc(C=Nn2c(-c3cc4c(OC)cccc4o3)nc3ccccc3c2=O)cc(I)c1O[C@H](C)CC. The first-order valence-corrected chi connectivity index (χ1v) is 13.8. The number of furan rings is 1. The molecule has 2 aromatic heterocycles. The van der Waals surface area contributed by atoms with Gasteiger partial charge < -0.3 is 18.6 Å². The van der Waals surface area contributed by atoms with Gasteiger partial charge in [-0.3, -0.25) is 4.79 Å². The molecular formula is C30H28IN3O5. The molecule has 0 aliphatic heterocycles. The molecule has 2 heterocycles. The van der Waals surface area contributed by atoms with Crippen LogP contribution in [-0.4, -0.2) is 35.7 Å². The van der Waals surface area contributed by atoms with Crippen LogP contribution in [0.1, 0.15) is 32.8 Å². The van der Waals surface area contributed by atoms with Crippen LogP contribution in [0.3, 0.4) is 0 Å². The van der Waals surface area contributed by atoms with Crippen LogP contribution in [0.15, 0.2) is 75.0 Å². The van der Waals surface area contributed by atoms with Crippen LogP contribution in [0.2, 0.25) is 0 Å². The van der Waals surface area contributed by atoms with Crippen LogP contribution < -0.4 is 19.8 Å². The Morgan fingerprint density at radius 3 is 2.67 bits per heavy atom. The number of ether oxygens (including phenoxy) is 3. The molecule has 0 N–H and O–H groups in total. The zero-order valence-electron chi connectivity index (χ0n) is 22.1. The van der Waals surface area contributed by atoms with Crippen molar-refractivity contribution in [1.29, 1.82) is 0 Å². The molecule has 0 fully saturated rings. The van der Waals surface area contributed by atoms with Gasteiger partial charge in [0.2, 0.25) is 5.82 Å². The number of halogens is 1. The maximum absolute atomic E-state index is 13.6. The van der Waals surface area contributed by atoms with Gasteiger partial charge >= 0.3 is 0 Å². The molecule has 0 saturated heterocycles. The minimum Gasteiger partial charge on any atom is -0.496 e. The van der Waals surface area contributed by atoms with Gasteiger partial charge in [-0.15, -0.1) is 0 Å². The lowest BCUT2D eigenvalue weighted by atomic mass is 10.2. The number of nitrogens with zero attached hydrogens (tertiary/aromatic N) is 3. The third-order valence-corrected chi connectivity index (χ3v) is 7.06. The smallest absolute Gasteiger partial charge is 0.282 e. The highest BCUT2D eigenvalue weighted by molar-refractivity contribution is 14.1. The van der Waals surface area contributed by atoms with Crippen LogP contribution in [0.25, 0.3) is 33.5 Å².